The summed E-state index contributed by atoms with van der Waals surface area (Å²) >= 11 is 0. The van der Waals surface area contributed by atoms with Crippen LogP contribution >= 0.6 is 0 Å². The maximum Gasteiger partial charge on any atom is 0.139 e. The molecule has 3 atom stereocenters. The molecule has 0 unspecified atom stereocenters. The molecule has 2 saturated heterocycles. The third-order valence-electron chi connectivity index (χ3n) is 4.47. The quantitative estimate of drug-likeness (QED) is 0.868. The molecule has 0 bridgehead atoms. The van der Waals surface area contributed by atoms with Crippen molar-refractivity contribution in [1.29, 1.82) is 0 Å². The topological polar surface area (TPSA) is 47.7 Å². The summed E-state index contributed by atoms with van der Waals surface area (Å²) in [6.45, 7) is 2.58. The van der Waals surface area contributed by atoms with Gasteiger partial charge in [-0.15, -0.1) is 0 Å². The first-order valence-electron chi connectivity index (χ1n) is 7.83. The maximum atomic E-state index is 6.14. The Morgan fingerprint density at radius 1 is 1.36 bits per heavy atom. The van der Waals surface area contributed by atoms with Crippen molar-refractivity contribution >= 4 is 0 Å². The molecule has 4 rings (SSSR count). The Balaban J connectivity index is 1.50. The van der Waals surface area contributed by atoms with E-state index in [9.17, 15) is 0 Å². The number of aromatic nitrogens is 1. The van der Waals surface area contributed by atoms with Crippen molar-refractivity contribution in [1.82, 2.24) is 9.88 Å². The van der Waals surface area contributed by atoms with Crippen LogP contribution in [0.4, 0.5) is 0 Å². The van der Waals surface area contributed by atoms with Crippen LogP contribution in [-0.2, 0) is 11.3 Å². The summed E-state index contributed by atoms with van der Waals surface area (Å²) in [5, 5.41) is 0. The fourth-order valence-corrected chi connectivity index (χ4v) is 3.50. The SMILES string of the molecule is c1cncc(O[C@@H]2CN(Cc3ccoc3)[C@@H]3CCCO[C@@H]32)c1. The molecule has 2 aromatic rings. The lowest BCUT2D eigenvalue weighted by molar-refractivity contribution is -0.0472. The summed E-state index contributed by atoms with van der Waals surface area (Å²) in [6.07, 6.45) is 9.53. The Morgan fingerprint density at radius 3 is 3.18 bits per heavy atom. The van der Waals surface area contributed by atoms with E-state index >= 15 is 0 Å². The average molecular weight is 300 g/mol. The van der Waals surface area contributed by atoms with E-state index in [-0.39, 0.29) is 12.2 Å². The summed E-state index contributed by atoms with van der Waals surface area (Å²) < 4.78 is 17.4. The fraction of sp³-hybridized carbons (Fsp3) is 0.471. The number of ether oxygens (including phenoxy) is 2. The van der Waals surface area contributed by atoms with Gasteiger partial charge in [-0.1, -0.05) is 0 Å². The minimum absolute atomic E-state index is 0.0569. The van der Waals surface area contributed by atoms with Crippen molar-refractivity contribution in [2.45, 2.75) is 37.6 Å². The lowest BCUT2D eigenvalue weighted by Gasteiger charge is -2.32. The van der Waals surface area contributed by atoms with Crippen LogP contribution in [-0.4, -0.2) is 41.3 Å². The Hall–Kier alpha value is -1.85. The second kappa shape index (κ2) is 6.10. The largest absolute Gasteiger partial charge is 0.485 e. The molecule has 2 aliphatic heterocycles. The molecule has 2 aliphatic rings. The number of hydrogen-bond donors (Lipinski definition) is 0. The minimum atomic E-state index is 0.0569. The summed E-state index contributed by atoms with van der Waals surface area (Å²) in [6, 6.07) is 6.29. The highest BCUT2D eigenvalue weighted by Gasteiger charge is 2.45. The van der Waals surface area contributed by atoms with Gasteiger partial charge >= 0.3 is 0 Å². The molecule has 0 spiro atoms. The van der Waals surface area contributed by atoms with Gasteiger partial charge in [0, 0.05) is 37.5 Å². The number of likely N-dealkylation sites (tertiary alicyclic amines) is 1. The molecule has 22 heavy (non-hydrogen) atoms. The molecule has 5 heteroatoms. The summed E-state index contributed by atoms with van der Waals surface area (Å²) in [4.78, 5) is 6.57. The standard InChI is InChI=1S/C17H20N2O3/c1-3-14(9-18-6-1)22-16-11-19(10-13-5-8-20-12-13)15-4-2-7-21-17(15)16/h1,3,5-6,8-9,12,15-17H,2,4,7,10-11H2/t15-,16-,17+/m1/s1. The molecule has 0 aliphatic carbocycles. The van der Waals surface area contributed by atoms with Gasteiger partial charge < -0.3 is 13.9 Å². The first kappa shape index (κ1) is 13.8. The van der Waals surface area contributed by atoms with Crippen LogP contribution < -0.4 is 4.74 Å². The summed E-state index contributed by atoms with van der Waals surface area (Å²) in [7, 11) is 0. The lowest BCUT2D eigenvalue weighted by Crippen LogP contribution is -2.42. The number of furan rings is 1. The molecule has 0 saturated carbocycles. The van der Waals surface area contributed by atoms with Crippen LogP contribution in [0.5, 0.6) is 5.75 Å². The Morgan fingerprint density at radius 2 is 2.36 bits per heavy atom. The molecule has 0 N–H and O–H groups in total. The van der Waals surface area contributed by atoms with E-state index in [1.165, 1.54) is 5.56 Å². The highest BCUT2D eigenvalue weighted by molar-refractivity contribution is 5.17. The Bertz CT molecular complexity index is 587. The van der Waals surface area contributed by atoms with Crippen molar-refractivity contribution < 1.29 is 13.9 Å². The number of hydrogen-bond acceptors (Lipinski definition) is 5. The molecule has 2 aromatic heterocycles. The van der Waals surface area contributed by atoms with Gasteiger partial charge in [-0.25, -0.2) is 0 Å². The second-order valence-electron chi connectivity index (χ2n) is 5.95. The lowest BCUT2D eigenvalue weighted by atomic mass is 10.0. The van der Waals surface area contributed by atoms with Crippen molar-refractivity contribution in [2.75, 3.05) is 13.2 Å². The van der Waals surface area contributed by atoms with Crippen LogP contribution in [0.1, 0.15) is 18.4 Å². The van der Waals surface area contributed by atoms with Crippen LogP contribution in [0.3, 0.4) is 0 Å². The minimum Gasteiger partial charge on any atom is -0.485 e. The molecular weight excluding hydrogens is 280 g/mol. The van der Waals surface area contributed by atoms with Crippen LogP contribution in [0.15, 0.2) is 47.5 Å². The third-order valence-corrected chi connectivity index (χ3v) is 4.47. The predicted octanol–water partition coefficient (Wildman–Crippen LogP) is 2.49. The maximum absolute atomic E-state index is 6.14. The Labute approximate surface area is 129 Å². The highest BCUT2D eigenvalue weighted by Crippen LogP contribution is 2.32. The molecule has 2 fully saturated rings. The van der Waals surface area contributed by atoms with Gasteiger partial charge in [-0.05, 0) is 31.0 Å². The normalized spacial score (nSPS) is 28.5. The number of rotatable bonds is 4. The van der Waals surface area contributed by atoms with Gasteiger partial charge in [0.05, 0.1) is 18.7 Å². The summed E-state index contributed by atoms with van der Waals surface area (Å²) in [5.74, 6) is 0.811. The van der Waals surface area contributed by atoms with E-state index in [0.717, 1.165) is 38.3 Å². The van der Waals surface area contributed by atoms with E-state index in [0.29, 0.717) is 6.04 Å². The molecule has 116 valence electrons. The van der Waals surface area contributed by atoms with Crippen molar-refractivity contribution in [3.8, 4) is 5.75 Å². The molecule has 0 aromatic carbocycles. The third kappa shape index (κ3) is 2.74. The number of nitrogens with zero attached hydrogens (tertiary/aromatic N) is 2. The first-order valence-corrected chi connectivity index (χ1v) is 7.83. The highest BCUT2D eigenvalue weighted by atomic mass is 16.5. The Kier molecular flexibility index (Phi) is 3.83. The van der Waals surface area contributed by atoms with Gasteiger partial charge in [0.25, 0.3) is 0 Å². The second-order valence-corrected chi connectivity index (χ2v) is 5.95. The van der Waals surface area contributed by atoms with Crippen molar-refractivity contribution in [2.24, 2.45) is 0 Å². The van der Waals surface area contributed by atoms with Crippen molar-refractivity contribution in [3.05, 3.63) is 48.7 Å². The molecular formula is C17H20N2O3. The van der Waals surface area contributed by atoms with E-state index in [4.69, 9.17) is 13.9 Å². The van der Waals surface area contributed by atoms with E-state index in [1.807, 2.05) is 24.5 Å². The predicted molar refractivity (Wildman–Crippen MR) is 80.5 cm³/mol. The molecule has 4 heterocycles. The van der Waals surface area contributed by atoms with Gasteiger partial charge in [0.1, 0.15) is 18.0 Å². The van der Waals surface area contributed by atoms with Gasteiger partial charge in [-0.3, -0.25) is 9.88 Å². The number of fused-ring (bicyclic) bond motifs is 1. The van der Waals surface area contributed by atoms with E-state index in [2.05, 4.69) is 9.88 Å². The van der Waals surface area contributed by atoms with Gasteiger partial charge in [0.15, 0.2) is 0 Å². The molecule has 0 radical (unpaired) electrons. The molecule has 5 nitrogen and oxygen atoms in total. The smallest absolute Gasteiger partial charge is 0.139 e. The van der Waals surface area contributed by atoms with Crippen LogP contribution in [0, 0.1) is 0 Å². The zero-order valence-corrected chi connectivity index (χ0v) is 12.4. The van der Waals surface area contributed by atoms with E-state index < -0.39 is 0 Å². The van der Waals surface area contributed by atoms with Crippen LogP contribution in [0.25, 0.3) is 0 Å². The monoisotopic (exact) mass is 300 g/mol. The zero-order chi connectivity index (χ0) is 14.8. The summed E-state index contributed by atoms with van der Waals surface area (Å²) in [5.41, 5.74) is 1.20. The van der Waals surface area contributed by atoms with Gasteiger partial charge in [-0.2, -0.15) is 0 Å². The fourth-order valence-electron chi connectivity index (χ4n) is 3.50. The molecule has 0 amide bonds. The van der Waals surface area contributed by atoms with E-state index in [1.54, 1.807) is 18.7 Å². The number of pyridine rings is 1. The van der Waals surface area contributed by atoms with Crippen LogP contribution in [0.2, 0.25) is 0 Å². The van der Waals surface area contributed by atoms with Gasteiger partial charge in [0.2, 0.25) is 0 Å². The average Bonchev–Trinajstić information content (AvgIpc) is 3.18. The first-order chi connectivity index (χ1) is 10.9. The zero-order valence-electron chi connectivity index (χ0n) is 12.4. The van der Waals surface area contributed by atoms with Crippen molar-refractivity contribution in [3.63, 3.8) is 0 Å².